The Morgan fingerprint density at radius 3 is 1.06 bits per heavy atom. The van der Waals surface area contributed by atoms with E-state index in [1.165, 1.54) is 24.3 Å². The lowest BCUT2D eigenvalue weighted by atomic mass is 9.81. The summed E-state index contributed by atoms with van der Waals surface area (Å²) in [7, 11) is 0. The number of nitrogens with zero attached hydrogens (tertiary/aromatic N) is 4. The van der Waals surface area contributed by atoms with E-state index in [1.807, 2.05) is 9.80 Å². The molecular formula is C38H50Cl2N6O6. The van der Waals surface area contributed by atoms with E-state index in [-0.39, 0.29) is 59.6 Å². The van der Waals surface area contributed by atoms with Crippen LogP contribution in [0.1, 0.15) is 72.1 Å². The molecule has 1 aromatic rings. The maximum atomic E-state index is 12.9. The van der Waals surface area contributed by atoms with Gasteiger partial charge in [0.1, 0.15) is 0 Å². The summed E-state index contributed by atoms with van der Waals surface area (Å²) in [5.41, 5.74) is 12.0. The van der Waals surface area contributed by atoms with Crippen LogP contribution in [0, 0.1) is 47.4 Å². The number of hydrogen-bond acceptors (Lipinski definition) is 8. The molecule has 14 heteroatoms. The fourth-order valence-corrected chi connectivity index (χ4v) is 7.36. The fraction of sp³-hybridized carbons (Fsp3) is 0.579. The van der Waals surface area contributed by atoms with E-state index in [9.17, 15) is 28.8 Å². The number of piperazine rings is 2. The molecule has 2 aliphatic carbocycles. The van der Waals surface area contributed by atoms with Gasteiger partial charge in [-0.15, -0.1) is 24.8 Å². The minimum absolute atomic E-state index is 0. The van der Waals surface area contributed by atoms with Crippen molar-refractivity contribution in [3.05, 3.63) is 35.4 Å². The highest BCUT2D eigenvalue weighted by molar-refractivity contribution is 6.14. The molecule has 0 spiro atoms. The Labute approximate surface area is 318 Å². The molecule has 5 rings (SSSR count). The fourth-order valence-electron chi connectivity index (χ4n) is 7.36. The van der Waals surface area contributed by atoms with Gasteiger partial charge < -0.3 is 31.1 Å². The maximum absolute atomic E-state index is 12.9. The first-order valence-corrected chi connectivity index (χ1v) is 17.9. The van der Waals surface area contributed by atoms with Crippen LogP contribution in [0.15, 0.2) is 24.3 Å². The van der Waals surface area contributed by atoms with Crippen LogP contribution in [0.3, 0.4) is 0 Å². The number of ketones is 2. The second kappa shape index (κ2) is 20.3. The zero-order valence-corrected chi connectivity index (χ0v) is 31.2. The van der Waals surface area contributed by atoms with E-state index < -0.39 is 23.4 Å². The van der Waals surface area contributed by atoms with Gasteiger partial charge in [0.15, 0.2) is 0 Å². The van der Waals surface area contributed by atoms with Crippen molar-refractivity contribution in [2.45, 2.75) is 51.4 Å². The first kappa shape index (κ1) is 42.5. The second-order valence-corrected chi connectivity index (χ2v) is 13.9. The number of amides is 4. The maximum Gasteiger partial charge on any atom is 0.299 e. The van der Waals surface area contributed by atoms with Crippen LogP contribution in [0.25, 0.3) is 0 Å². The average molecular weight is 758 g/mol. The highest BCUT2D eigenvalue weighted by Crippen LogP contribution is 2.31. The number of carbonyl (C=O) groups is 6. The lowest BCUT2D eigenvalue weighted by molar-refractivity contribution is -0.141. The monoisotopic (exact) mass is 756 g/mol. The standard InChI is InChI=1S/C38H48N6O6.2ClH/c39-25-27-1-5-31(6-2-27)37(49)43-21-17-41(18-22-43)35(47)15-13-33(45)29-9-11-30(12-10-29)34(46)14-16-36(48)42-19-23-44(24-20-42)38(50)32-7-3-28(26-40)4-8-32;;/h9-12,27-28,31-32H,1-8,17-26,39-40H2;2*1H. The van der Waals surface area contributed by atoms with E-state index in [1.54, 1.807) is 9.80 Å². The van der Waals surface area contributed by atoms with Gasteiger partial charge >= 0.3 is 0 Å². The Hall–Kier alpha value is -3.94. The number of carbonyl (C=O) groups excluding carboxylic acids is 6. The Morgan fingerprint density at radius 1 is 0.481 bits per heavy atom. The number of rotatable bonds is 6. The van der Waals surface area contributed by atoms with E-state index in [2.05, 4.69) is 23.7 Å². The summed E-state index contributed by atoms with van der Waals surface area (Å²) in [5.74, 6) is 8.86. The summed E-state index contributed by atoms with van der Waals surface area (Å²) >= 11 is 0. The Balaban J connectivity index is 0.00000364. The van der Waals surface area contributed by atoms with Gasteiger partial charge in [-0.05, 0) is 112 Å². The van der Waals surface area contributed by atoms with Crippen LogP contribution in [-0.2, 0) is 19.2 Å². The third-order valence-electron chi connectivity index (χ3n) is 10.8. The third kappa shape index (κ3) is 11.0. The third-order valence-corrected chi connectivity index (χ3v) is 10.8. The smallest absolute Gasteiger partial charge is 0.299 e. The molecule has 0 unspecified atom stereocenters. The van der Waals surface area contributed by atoms with Crippen molar-refractivity contribution in [2.75, 3.05) is 65.4 Å². The van der Waals surface area contributed by atoms with Gasteiger partial charge in [-0.2, -0.15) is 0 Å². The summed E-state index contributed by atoms with van der Waals surface area (Å²) in [4.78, 5) is 83.2. The molecule has 52 heavy (non-hydrogen) atoms. The summed E-state index contributed by atoms with van der Waals surface area (Å²) in [6.45, 7) is 4.53. The predicted molar refractivity (Wildman–Crippen MR) is 200 cm³/mol. The first-order chi connectivity index (χ1) is 24.2. The van der Waals surface area contributed by atoms with Gasteiger partial charge in [-0.1, -0.05) is 0 Å². The predicted octanol–water partition coefficient (Wildman–Crippen LogP) is 1.77. The van der Waals surface area contributed by atoms with Crippen LogP contribution >= 0.6 is 24.8 Å². The minimum Gasteiger partial charge on any atom is -0.339 e. The highest BCUT2D eigenvalue weighted by atomic mass is 35.5. The van der Waals surface area contributed by atoms with Crippen molar-refractivity contribution in [3.8, 4) is 23.7 Å². The minimum atomic E-state index is -0.568. The van der Waals surface area contributed by atoms with Gasteiger partial charge in [0, 0.05) is 87.2 Å². The van der Waals surface area contributed by atoms with Crippen LogP contribution in [0.5, 0.6) is 0 Å². The summed E-state index contributed by atoms with van der Waals surface area (Å²) in [6.07, 6.45) is 7.33. The Morgan fingerprint density at radius 2 is 0.769 bits per heavy atom. The van der Waals surface area contributed by atoms with Crippen molar-refractivity contribution in [3.63, 3.8) is 0 Å². The largest absolute Gasteiger partial charge is 0.339 e. The summed E-state index contributed by atoms with van der Waals surface area (Å²) < 4.78 is 0. The normalized spacial score (nSPS) is 23.0. The lowest BCUT2D eigenvalue weighted by Gasteiger charge is -2.37. The van der Waals surface area contributed by atoms with Crippen molar-refractivity contribution in [2.24, 2.45) is 35.1 Å². The molecule has 4 aliphatic rings. The molecule has 4 N–H and O–H groups in total. The molecule has 0 radical (unpaired) electrons. The Bertz CT molecular complexity index is 1450. The number of hydrogen-bond donors (Lipinski definition) is 2. The molecule has 2 heterocycles. The number of halogens is 2. The van der Waals surface area contributed by atoms with Crippen molar-refractivity contribution in [1.29, 1.82) is 0 Å². The van der Waals surface area contributed by atoms with Gasteiger partial charge in [-0.25, -0.2) is 0 Å². The Kier molecular flexibility index (Phi) is 16.6. The molecular weight excluding hydrogens is 707 g/mol. The molecule has 4 fully saturated rings. The van der Waals surface area contributed by atoms with Crippen molar-refractivity contribution < 1.29 is 28.8 Å². The number of nitrogens with two attached hydrogens (primary N) is 2. The zero-order valence-electron chi connectivity index (χ0n) is 29.6. The molecule has 12 nitrogen and oxygen atoms in total. The second-order valence-electron chi connectivity index (χ2n) is 13.9. The van der Waals surface area contributed by atoms with Crippen LogP contribution in [0.4, 0.5) is 0 Å². The SMILES string of the molecule is Cl.Cl.NCC1CCC(C(=O)N2CCN(C(=O)C#CC(=O)c3ccc(C(=O)C#CC(=O)N4CCN(C(=O)C5CCC(CN)CC5)CC4)cc3)CC2)CC1. The van der Waals surface area contributed by atoms with Crippen LogP contribution in [0.2, 0.25) is 0 Å². The highest BCUT2D eigenvalue weighted by Gasteiger charge is 2.33. The number of Topliss-reactive ketones (excluding diaryl/α,β-unsaturated/α-hetero) is 2. The lowest BCUT2D eigenvalue weighted by Crippen LogP contribution is -2.52. The average Bonchev–Trinajstić information content (AvgIpc) is 3.18. The first-order valence-electron chi connectivity index (χ1n) is 17.9. The van der Waals surface area contributed by atoms with E-state index in [0.29, 0.717) is 77.3 Å². The molecule has 2 saturated carbocycles. The zero-order chi connectivity index (χ0) is 35.6. The molecule has 0 aromatic heterocycles. The number of benzene rings is 1. The van der Waals surface area contributed by atoms with Crippen LogP contribution in [-0.4, -0.2) is 120 Å². The molecule has 2 aliphatic heterocycles. The van der Waals surface area contributed by atoms with Gasteiger partial charge in [0.05, 0.1) is 0 Å². The molecule has 2 saturated heterocycles. The van der Waals surface area contributed by atoms with Gasteiger partial charge in [0.2, 0.25) is 23.4 Å². The topological polar surface area (TPSA) is 167 Å². The molecule has 0 atom stereocenters. The van der Waals surface area contributed by atoms with E-state index >= 15 is 0 Å². The van der Waals surface area contributed by atoms with Crippen molar-refractivity contribution >= 4 is 60.0 Å². The quantitative estimate of drug-likeness (QED) is 0.252. The van der Waals surface area contributed by atoms with E-state index in [0.717, 1.165) is 51.4 Å². The van der Waals surface area contributed by atoms with Gasteiger partial charge in [0.25, 0.3) is 11.8 Å². The molecule has 1 aromatic carbocycles. The molecule has 282 valence electrons. The van der Waals surface area contributed by atoms with Crippen LogP contribution < -0.4 is 11.5 Å². The molecule has 4 amide bonds. The van der Waals surface area contributed by atoms with E-state index in [4.69, 9.17) is 11.5 Å². The summed E-state index contributed by atoms with van der Waals surface area (Å²) in [6, 6.07) is 5.73. The van der Waals surface area contributed by atoms with Crippen molar-refractivity contribution in [1.82, 2.24) is 19.6 Å². The summed E-state index contributed by atoms with van der Waals surface area (Å²) in [5, 5.41) is 0. The van der Waals surface area contributed by atoms with Gasteiger partial charge in [-0.3, -0.25) is 28.8 Å². The molecule has 0 bridgehead atoms.